The van der Waals surface area contributed by atoms with Crippen LogP contribution in [0.3, 0.4) is 0 Å². The zero-order valence-corrected chi connectivity index (χ0v) is 19.4. The molecule has 2 aromatic carbocycles. The topological polar surface area (TPSA) is 92.8 Å². The number of nitrogens with zero attached hydrogens (tertiary/aromatic N) is 1. The summed E-state index contributed by atoms with van der Waals surface area (Å²) in [6.07, 6.45) is 3.01. The molecule has 0 aromatic heterocycles. The lowest BCUT2D eigenvalue weighted by Crippen LogP contribution is -2.33. The van der Waals surface area contributed by atoms with Gasteiger partial charge in [0.05, 0.1) is 23.1 Å². The summed E-state index contributed by atoms with van der Waals surface area (Å²) in [6, 6.07) is 13.1. The Morgan fingerprint density at radius 3 is 2.39 bits per heavy atom. The average molecular weight is 509 g/mol. The molecular weight excluding hydrogens is 488 g/mol. The van der Waals surface area contributed by atoms with Crippen LogP contribution in [0.2, 0.25) is 0 Å². The third-order valence-electron chi connectivity index (χ3n) is 6.70. The first-order valence-corrected chi connectivity index (χ1v) is 11.5. The van der Waals surface area contributed by atoms with Crippen molar-refractivity contribution in [3.05, 3.63) is 70.2 Å². The van der Waals surface area contributed by atoms with E-state index in [2.05, 4.69) is 27.3 Å². The average Bonchev–Trinajstić information content (AvgIpc) is 3.44. The summed E-state index contributed by atoms with van der Waals surface area (Å²) in [4.78, 5) is 51.6. The van der Waals surface area contributed by atoms with Crippen LogP contribution < -0.4 is 10.2 Å². The number of nitrogens with one attached hydrogen (secondary N) is 1. The molecule has 0 spiro atoms. The number of allylic oxidation sites excluding steroid dienone is 2. The van der Waals surface area contributed by atoms with Gasteiger partial charge in [0.25, 0.3) is 5.91 Å². The minimum atomic E-state index is -0.665. The van der Waals surface area contributed by atoms with Crippen LogP contribution in [0.1, 0.15) is 23.7 Å². The predicted octanol–water partition coefficient (Wildman–Crippen LogP) is 3.95. The number of imide groups is 1. The highest BCUT2D eigenvalue weighted by Gasteiger charge is 2.60. The number of benzene rings is 2. The summed E-state index contributed by atoms with van der Waals surface area (Å²) in [7, 11) is 0. The van der Waals surface area contributed by atoms with Gasteiger partial charge in [0.1, 0.15) is 0 Å². The van der Waals surface area contributed by atoms with Crippen molar-refractivity contribution < 1.29 is 23.9 Å². The van der Waals surface area contributed by atoms with Crippen molar-refractivity contribution in [2.24, 2.45) is 23.7 Å². The number of carbonyl (C=O) groups is 4. The molecule has 1 heterocycles. The van der Waals surface area contributed by atoms with Crippen LogP contribution in [0.15, 0.2) is 64.7 Å². The van der Waals surface area contributed by atoms with E-state index in [4.69, 9.17) is 4.74 Å². The SMILES string of the molecule is CC1=C[C@H]2C[C@H]1[C@H]1C(=O)N(c3ccc(C(=O)OCC(=O)Nc4ccc(Br)cc4)cc3)C(=O)[C@@H]12. The number of carbonyl (C=O) groups excluding carboxylic acids is 4. The van der Waals surface area contributed by atoms with E-state index in [0.29, 0.717) is 11.4 Å². The van der Waals surface area contributed by atoms with Crippen molar-refractivity contribution in [3.8, 4) is 0 Å². The third kappa shape index (κ3) is 3.78. The summed E-state index contributed by atoms with van der Waals surface area (Å²) in [5.41, 5.74) is 2.46. The summed E-state index contributed by atoms with van der Waals surface area (Å²) in [5.74, 6) is -1.71. The Labute approximate surface area is 198 Å². The summed E-state index contributed by atoms with van der Waals surface area (Å²) in [5, 5.41) is 2.64. The van der Waals surface area contributed by atoms with Gasteiger partial charge in [-0.1, -0.05) is 27.6 Å². The van der Waals surface area contributed by atoms with Crippen LogP contribution in [0.5, 0.6) is 0 Å². The van der Waals surface area contributed by atoms with E-state index in [0.717, 1.165) is 10.9 Å². The van der Waals surface area contributed by atoms with Crippen molar-refractivity contribution in [2.45, 2.75) is 13.3 Å². The smallest absolute Gasteiger partial charge is 0.338 e. The van der Waals surface area contributed by atoms with Gasteiger partial charge >= 0.3 is 5.97 Å². The Hall–Kier alpha value is -3.26. The minimum absolute atomic E-state index is 0.138. The molecule has 7 nitrogen and oxygen atoms in total. The third-order valence-corrected chi connectivity index (χ3v) is 7.23. The number of rotatable bonds is 5. The molecule has 168 valence electrons. The van der Waals surface area contributed by atoms with Gasteiger partial charge in [-0.15, -0.1) is 0 Å². The number of amides is 3. The van der Waals surface area contributed by atoms with Gasteiger partial charge in [-0.05, 0) is 73.7 Å². The second kappa shape index (κ2) is 8.26. The Kier molecular flexibility index (Phi) is 5.40. The van der Waals surface area contributed by atoms with E-state index < -0.39 is 18.5 Å². The summed E-state index contributed by atoms with van der Waals surface area (Å²) in [6.45, 7) is 1.60. The van der Waals surface area contributed by atoms with E-state index in [1.165, 1.54) is 22.6 Å². The standard InChI is InChI=1S/C25H21BrN2O5/c1-13-10-15-11-19(13)22-21(15)23(30)28(24(22)31)18-8-2-14(3-9-18)25(32)33-12-20(29)27-17-6-4-16(26)5-7-17/h2-10,15,19,21-22H,11-12H2,1H3,(H,27,29)/t15-,19+,21+,22+/m0/s1. The lowest BCUT2D eigenvalue weighted by Gasteiger charge is -2.19. The molecule has 1 aliphatic heterocycles. The van der Waals surface area contributed by atoms with Crippen LogP contribution in [-0.4, -0.2) is 30.3 Å². The van der Waals surface area contributed by atoms with E-state index in [1.54, 1.807) is 36.4 Å². The first-order chi connectivity index (χ1) is 15.8. The fraction of sp³-hybridized carbons (Fsp3) is 0.280. The number of esters is 1. The first-order valence-electron chi connectivity index (χ1n) is 10.7. The van der Waals surface area contributed by atoms with Gasteiger partial charge in [0.15, 0.2) is 6.61 Å². The second-order valence-corrected chi connectivity index (χ2v) is 9.57. The molecule has 0 unspecified atom stereocenters. The fourth-order valence-electron chi connectivity index (χ4n) is 5.22. The lowest BCUT2D eigenvalue weighted by molar-refractivity contribution is -0.123. The largest absolute Gasteiger partial charge is 0.452 e. The second-order valence-electron chi connectivity index (χ2n) is 8.66. The highest BCUT2D eigenvalue weighted by molar-refractivity contribution is 9.10. The van der Waals surface area contributed by atoms with E-state index >= 15 is 0 Å². The van der Waals surface area contributed by atoms with E-state index in [9.17, 15) is 19.2 Å². The highest BCUT2D eigenvalue weighted by Crippen LogP contribution is 2.55. The van der Waals surface area contributed by atoms with Crippen molar-refractivity contribution in [1.82, 2.24) is 0 Å². The zero-order valence-electron chi connectivity index (χ0n) is 17.8. The van der Waals surface area contributed by atoms with Crippen LogP contribution >= 0.6 is 15.9 Å². The molecule has 3 aliphatic rings. The van der Waals surface area contributed by atoms with Crippen molar-refractivity contribution in [1.29, 1.82) is 0 Å². The van der Waals surface area contributed by atoms with Crippen LogP contribution in [0.4, 0.5) is 11.4 Å². The monoisotopic (exact) mass is 508 g/mol. The van der Waals surface area contributed by atoms with Crippen LogP contribution in [0, 0.1) is 23.7 Å². The molecule has 2 bridgehead atoms. The molecule has 5 rings (SSSR count). The Morgan fingerprint density at radius 1 is 1.03 bits per heavy atom. The van der Waals surface area contributed by atoms with E-state index in [1.807, 2.05) is 6.92 Å². The zero-order chi connectivity index (χ0) is 23.3. The Balaban J connectivity index is 1.21. The first kappa shape index (κ1) is 21.6. The van der Waals surface area contributed by atoms with E-state index in [-0.39, 0.29) is 41.0 Å². The lowest BCUT2D eigenvalue weighted by atomic mass is 9.82. The predicted molar refractivity (Wildman–Crippen MR) is 124 cm³/mol. The molecule has 1 N–H and O–H groups in total. The molecule has 0 radical (unpaired) electrons. The van der Waals surface area contributed by atoms with Gasteiger partial charge in [0.2, 0.25) is 11.8 Å². The molecule has 4 atom stereocenters. The van der Waals surface area contributed by atoms with Crippen LogP contribution in [0.25, 0.3) is 0 Å². The fourth-order valence-corrected chi connectivity index (χ4v) is 5.48. The molecule has 33 heavy (non-hydrogen) atoms. The van der Waals surface area contributed by atoms with Gasteiger partial charge in [-0.2, -0.15) is 0 Å². The number of halogens is 1. The van der Waals surface area contributed by atoms with Crippen molar-refractivity contribution in [3.63, 3.8) is 0 Å². The van der Waals surface area contributed by atoms with Crippen molar-refractivity contribution in [2.75, 3.05) is 16.8 Å². The Morgan fingerprint density at radius 2 is 1.70 bits per heavy atom. The number of hydrogen-bond donors (Lipinski definition) is 1. The molecule has 2 aromatic rings. The van der Waals surface area contributed by atoms with Gasteiger partial charge in [0, 0.05) is 10.2 Å². The Bertz CT molecular complexity index is 1190. The van der Waals surface area contributed by atoms with Gasteiger partial charge < -0.3 is 10.1 Å². The molecule has 3 amide bonds. The van der Waals surface area contributed by atoms with Crippen LogP contribution in [-0.2, 0) is 19.1 Å². The number of ether oxygens (including phenoxy) is 1. The summed E-state index contributed by atoms with van der Waals surface area (Å²) >= 11 is 3.32. The molecular formula is C25H21BrN2O5. The number of anilines is 2. The maximum absolute atomic E-state index is 13.0. The maximum atomic E-state index is 13.0. The quantitative estimate of drug-likeness (QED) is 0.375. The minimum Gasteiger partial charge on any atom is -0.452 e. The molecule has 8 heteroatoms. The molecule has 1 saturated carbocycles. The molecule has 2 fully saturated rings. The van der Waals surface area contributed by atoms with Gasteiger partial charge in [-0.3, -0.25) is 19.3 Å². The molecule has 1 saturated heterocycles. The number of fused-ring (bicyclic) bond motifs is 5. The maximum Gasteiger partial charge on any atom is 0.338 e. The number of hydrogen-bond acceptors (Lipinski definition) is 5. The highest BCUT2D eigenvalue weighted by atomic mass is 79.9. The molecule has 2 aliphatic carbocycles. The normalized spacial score (nSPS) is 25.2. The summed E-state index contributed by atoms with van der Waals surface area (Å²) < 4.78 is 5.97. The van der Waals surface area contributed by atoms with Gasteiger partial charge in [-0.25, -0.2) is 4.79 Å². The van der Waals surface area contributed by atoms with Crippen molar-refractivity contribution >= 4 is 51.0 Å².